The molecule has 92 valence electrons. The summed E-state index contributed by atoms with van der Waals surface area (Å²) in [4.78, 5) is 25.7. The molecule has 1 aromatic heterocycles. The Hall–Kier alpha value is -1.37. The van der Waals surface area contributed by atoms with E-state index in [1.54, 1.807) is 0 Å². The molecule has 4 N–H and O–H groups in total. The Bertz CT molecular complexity index is 453. The predicted octanol–water partition coefficient (Wildman–Crippen LogP) is -0.0356. The number of carbonyl (C=O) groups excluding carboxylic acids is 2. The summed E-state index contributed by atoms with van der Waals surface area (Å²) in [7, 11) is 0. The van der Waals surface area contributed by atoms with Crippen LogP contribution in [0.5, 0.6) is 0 Å². The lowest BCUT2D eigenvalue weighted by Crippen LogP contribution is -2.40. The van der Waals surface area contributed by atoms with Crippen LogP contribution in [0.25, 0.3) is 0 Å². The monoisotopic (exact) mass is 277 g/mol. The van der Waals surface area contributed by atoms with Crippen molar-refractivity contribution >= 4 is 35.0 Å². The van der Waals surface area contributed by atoms with E-state index in [1.807, 2.05) is 0 Å². The van der Waals surface area contributed by atoms with Crippen molar-refractivity contribution in [1.82, 2.24) is 10.3 Å². The fourth-order valence-corrected chi connectivity index (χ4v) is 1.21. The van der Waals surface area contributed by atoms with Gasteiger partial charge in [0.25, 0.3) is 5.91 Å². The number of halogens is 2. The molecule has 0 aliphatic rings. The molecule has 0 saturated heterocycles. The third-order valence-electron chi connectivity index (χ3n) is 1.84. The maximum absolute atomic E-state index is 11.5. The van der Waals surface area contributed by atoms with E-state index in [9.17, 15) is 9.59 Å². The average Bonchev–Trinajstić information content (AvgIpc) is 2.28. The van der Waals surface area contributed by atoms with E-state index in [4.69, 9.17) is 34.0 Å². The van der Waals surface area contributed by atoms with Gasteiger partial charge in [0.1, 0.15) is 11.3 Å². The largest absolute Gasteiger partial charge is 0.381 e. The number of primary amides is 1. The standard InChI is InChI=1S/C9H9Cl2N3O3/c10-5-1-4(2-13-7(5)11)9(17)14-3-6(15)8(12)16/h1-2,6,15H,3H2,(H2,12,16)(H,14,17). The van der Waals surface area contributed by atoms with Gasteiger partial charge in [-0.2, -0.15) is 0 Å². The molecule has 2 amide bonds. The Morgan fingerprint density at radius 1 is 1.53 bits per heavy atom. The average molecular weight is 278 g/mol. The molecule has 0 spiro atoms. The number of hydrogen-bond acceptors (Lipinski definition) is 4. The van der Waals surface area contributed by atoms with Crippen molar-refractivity contribution < 1.29 is 14.7 Å². The number of amides is 2. The number of aliphatic hydroxyl groups is 1. The molecule has 6 nitrogen and oxygen atoms in total. The van der Waals surface area contributed by atoms with Gasteiger partial charge in [0.05, 0.1) is 17.1 Å². The number of nitrogens with zero attached hydrogens (tertiary/aromatic N) is 1. The molecule has 0 radical (unpaired) electrons. The van der Waals surface area contributed by atoms with Crippen molar-refractivity contribution in [2.75, 3.05) is 6.54 Å². The third kappa shape index (κ3) is 3.85. The zero-order chi connectivity index (χ0) is 13.0. The second-order valence-electron chi connectivity index (χ2n) is 3.12. The van der Waals surface area contributed by atoms with Gasteiger partial charge < -0.3 is 16.2 Å². The number of aliphatic hydroxyl groups excluding tert-OH is 1. The highest BCUT2D eigenvalue weighted by Gasteiger charge is 2.14. The number of pyridine rings is 1. The molecule has 0 saturated carbocycles. The Morgan fingerprint density at radius 3 is 2.71 bits per heavy atom. The van der Waals surface area contributed by atoms with E-state index in [0.29, 0.717) is 0 Å². The molecular formula is C9H9Cl2N3O3. The number of nitrogens with two attached hydrogens (primary N) is 1. The van der Waals surface area contributed by atoms with E-state index in [0.717, 1.165) is 0 Å². The quantitative estimate of drug-likeness (QED) is 0.672. The highest BCUT2D eigenvalue weighted by molar-refractivity contribution is 6.41. The topological polar surface area (TPSA) is 105 Å². The summed E-state index contributed by atoms with van der Waals surface area (Å²) >= 11 is 11.3. The van der Waals surface area contributed by atoms with Crippen molar-refractivity contribution in [2.24, 2.45) is 5.73 Å². The van der Waals surface area contributed by atoms with Crippen LogP contribution in [-0.2, 0) is 4.79 Å². The molecule has 0 aliphatic heterocycles. The molecule has 0 bridgehead atoms. The first-order valence-electron chi connectivity index (χ1n) is 4.48. The lowest BCUT2D eigenvalue weighted by Gasteiger charge is -2.08. The summed E-state index contributed by atoms with van der Waals surface area (Å²) in [6.07, 6.45) is -0.213. The molecule has 1 unspecified atom stereocenters. The lowest BCUT2D eigenvalue weighted by atomic mass is 10.2. The summed E-state index contributed by atoms with van der Waals surface area (Å²) < 4.78 is 0. The molecular weight excluding hydrogens is 269 g/mol. The first-order valence-corrected chi connectivity index (χ1v) is 5.24. The lowest BCUT2D eigenvalue weighted by molar-refractivity contribution is -0.125. The van der Waals surface area contributed by atoms with Gasteiger partial charge in [-0.05, 0) is 6.07 Å². The van der Waals surface area contributed by atoms with E-state index < -0.39 is 17.9 Å². The minimum atomic E-state index is -1.44. The number of nitrogens with one attached hydrogen (secondary N) is 1. The molecule has 0 aromatic carbocycles. The van der Waals surface area contributed by atoms with Crippen LogP contribution in [0.3, 0.4) is 0 Å². The molecule has 0 aliphatic carbocycles. The Morgan fingerprint density at radius 2 is 2.18 bits per heavy atom. The van der Waals surface area contributed by atoms with Crippen LogP contribution in [0.15, 0.2) is 12.3 Å². The first kappa shape index (κ1) is 13.7. The fraction of sp³-hybridized carbons (Fsp3) is 0.222. The summed E-state index contributed by atoms with van der Waals surface area (Å²) in [5.41, 5.74) is 4.98. The van der Waals surface area contributed by atoms with Crippen LogP contribution in [0.1, 0.15) is 10.4 Å². The molecule has 1 atom stereocenters. The van der Waals surface area contributed by atoms with Gasteiger partial charge in [-0.3, -0.25) is 9.59 Å². The van der Waals surface area contributed by atoms with Crippen molar-refractivity contribution in [3.63, 3.8) is 0 Å². The Kier molecular flexibility index (Phi) is 4.68. The van der Waals surface area contributed by atoms with Gasteiger partial charge in [-0.1, -0.05) is 23.2 Å². The normalized spacial score (nSPS) is 11.9. The highest BCUT2D eigenvalue weighted by Crippen LogP contribution is 2.19. The van der Waals surface area contributed by atoms with Gasteiger partial charge in [-0.25, -0.2) is 4.98 Å². The second-order valence-corrected chi connectivity index (χ2v) is 3.89. The fourth-order valence-electron chi connectivity index (χ4n) is 0.937. The SMILES string of the molecule is NC(=O)C(O)CNC(=O)c1cnc(Cl)c(Cl)c1. The number of aromatic nitrogens is 1. The van der Waals surface area contributed by atoms with Crippen molar-refractivity contribution in [3.8, 4) is 0 Å². The molecule has 17 heavy (non-hydrogen) atoms. The molecule has 8 heteroatoms. The smallest absolute Gasteiger partial charge is 0.253 e. The van der Waals surface area contributed by atoms with Gasteiger partial charge in [-0.15, -0.1) is 0 Å². The minimum absolute atomic E-state index is 0.0837. The molecule has 1 heterocycles. The number of rotatable bonds is 4. The van der Waals surface area contributed by atoms with Crippen LogP contribution in [0.4, 0.5) is 0 Å². The van der Waals surface area contributed by atoms with Gasteiger partial charge in [0.15, 0.2) is 0 Å². The van der Waals surface area contributed by atoms with E-state index in [1.165, 1.54) is 12.3 Å². The predicted molar refractivity (Wildman–Crippen MR) is 61.8 cm³/mol. The van der Waals surface area contributed by atoms with E-state index >= 15 is 0 Å². The maximum atomic E-state index is 11.5. The van der Waals surface area contributed by atoms with Crippen LogP contribution in [0, 0.1) is 0 Å². The third-order valence-corrected chi connectivity index (χ3v) is 2.53. The zero-order valence-corrected chi connectivity index (χ0v) is 10.00. The number of carbonyl (C=O) groups is 2. The minimum Gasteiger partial charge on any atom is -0.381 e. The van der Waals surface area contributed by atoms with Crippen LogP contribution in [-0.4, -0.2) is 34.6 Å². The summed E-state index contributed by atoms with van der Waals surface area (Å²) in [6.45, 7) is -0.283. The Balaban J connectivity index is 2.64. The highest BCUT2D eigenvalue weighted by atomic mass is 35.5. The van der Waals surface area contributed by atoms with Gasteiger partial charge in [0, 0.05) is 6.20 Å². The van der Waals surface area contributed by atoms with Crippen molar-refractivity contribution in [1.29, 1.82) is 0 Å². The maximum Gasteiger partial charge on any atom is 0.253 e. The van der Waals surface area contributed by atoms with Crippen LogP contribution >= 0.6 is 23.2 Å². The van der Waals surface area contributed by atoms with E-state index in [2.05, 4.69) is 10.3 Å². The van der Waals surface area contributed by atoms with Crippen molar-refractivity contribution in [2.45, 2.75) is 6.10 Å². The second kappa shape index (κ2) is 5.81. The van der Waals surface area contributed by atoms with Gasteiger partial charge in [0.2, 0.25) is 5.91 Å². The number of hydrogen-bond donors (Lipinski definition) is 3. The first-order chi connectivity index (χ1) is 7.91. The van der Waals surface area contributed by atoms with E-state index in [-0.39, 0.29) is 22.3 Å². The summed E-state index contributed by atoms with van der Waals surface area (Å²) in [5, 5.41) is 11.6. The van der Waals surface area contributed by atoms with Crippen LogP contribution < -0.4 is 11.1 Å². The van der Waals surface area contributed by atoms with Crippen LogP contribution in [0.2, 0.25) is 10.2 Å². The summed E-state index contributed by atoms with van der Waals surface area (Å²) in [5.74, 6) is -1.46. The van der Waals surface area contributed by atoms with Gasteiger partial charge >= 0.3 is 0 Å². The summed E-state index contributed by atoms with van der Waals surface area (Å²) in [6, 6.07) is 1.32. The zero-order valence-electron chi connectivity index (χ0n) is 8.48. The Labute approximate surface area is 107 Å². The van der Waals surface area contributed by atoms with Crippen molar-refractivity contribution in [3.05, 3.63) is 28.0 Å². The molecule has 0 fully saturated rings. The molecule has 1 rings (SSSR count). The molecule has 1 aromatic rings.